The number of aromatic nitrogens is 4. The normalized spacial score (nSPS) is 11.1. The van der Waals surface area contributed by atoms with E-state index in [1.54, 1.807) is 17.1 Å². The number of carbonyl (C=O) groups is 1. The molecule has 0 saturated heterocycles. The Hall–Kier alpha value is -3.61. The first kappa shape index (κ1) is 18.7. The van der Waals surface area contributed by atoms with Crippen LogP contribution in [-0.4, -0.2) is 25.7 Å². The van der Waals surface area contributed by atoms with Crippen LogP contribution in [0.1, 0.15) is 38.3 Å². The van der Waals surface area contributed by atoms with Crippen LogP contribution < -0.4 is 11.1 Å². The van der Waals surface area contributed by atoms with Gasteiger partial charge in [0, 0.05) is 35.5 Å². The fourth-order valence-electron chi connectivity index (χ4n) is 3.60. The van der Waals surface area contributed by atoms with E-state index in [4.69, 9.17) is 5.73 Å². The molecule has 1 aromatic carbocycles. The second-order valence-electron chi connectivity index (χ2n) is 7.39. The van der Waals surface area contributed by atoms with Crippen LogP contribution in [0.4, 0.5) is 5.82 Å². The molecule has 4 rings (SSSR count). The van der Waals surface area contributed by atoms with Gasteiger partial charge in [0.2, 0.25) is 0 Å². The summed E-state index contributed by atoms with van der Waals surface area (Å²) in [5.74, 6) is 0.325. The highest BCUT2D eigenvalue weighted by molar-refractivity contribution is 5.93. The summed E-state index contributed by atoms with van der Waals surface area (Å²) in [6, 6.07) is 8.13. The van der Waals surface area contributed by atoms with Gasteiger partial charge in [-0.05, 0) is 55.2 Å². The van der Waals surface area contributed by atoms with Crippen molar-refractivity contribution >= 4 is 22.6 Å². The van der Waals surface area contributed by atoms with Gasteiger partial charge in [-0.1, -0.05) is 12.1 Å². The van der Waals surface area contributed by atoms with Crippen LogP contribution in [0.3, 0.4) is 0 Å². The predicted octanol–water partition coefficient (Wildman–Crippen LogP) is 3.25. The second-order valence-corrected chi connectivity index (χ2v) is 7.39. The molecule has 29 heavy (non-hydrogen) atoms. The average molecular weight is 388 g/mol. The molecule has 0 bridgehead atoms. The van der Waals surface area contributed by atoms with Gasteiger partial charge in [-0.25, -0.2) is 4.98 Å². The molecule has 0 fully saturated rings. The van der Waals surface area contributed by atoms with Crippen molar-refractivity contribution in [1.29, 1.82) is 0 Å². The number of fused-ring (bicyclic) bond motifs is 1. The molecule has 0 spiro atoms. The van der Waals surface area contributed by atoms with E-state index in [1.807, 2.05) is 26.1 Å². The molecule has 1 amide bonds. The van der Waals surface area contributed by atoms with Crippen molar-refractivity contribution in [1.82, 2.24) is 25.1 Å². The van der Waals surface area contributed by atoms with Crippen molar-refractivity contribution in [3.05, 3.63) is 76.4 Å². The van der Waals surface area contributed by atoms with Crippen LogP contribution in [0.2, 0.25) is 0 Å². The van der Waals surface area contributed by atoms with Crippen molar-refractivity contribution in [2.24, 2.45) is 0 Å². The molecule has 4 aromatic rings. The van der Waals surface area contributed by atoms with Crippen molar-refractivity contribution in [2.75, 3.05) is 5.73 Å². The number of hydrogen-bond acceptors (Lipinski definition) is 4. The Bertz CT molecular complexity index is 1180. The SMILES string of the molecule is Cc1cc(N)nc(C)c1CNC(=O)c1cnn(Cc2ccc3c(C)c[nH]c3c2)c1. The first-order valence-corrected chi connectivity index (χ1v) is 9.50. The number of nitrogens with one attached hydrogen (secondary N) is 2. The second kappa shape index (κ2) is 7.43. The molecule has 0 aliphatic carbocycles. The summed E-state index contributed by atoms with van der Waals surface area (Å²) in [4.78, 5) is 20.1. The van der Waals surface area contributed by atoms with Gasteiger partial charge >= 0.3 is 0 Å². The number of carbonyl (C=O) groups excluding carboxylic acids is 1. The van der Waals surface area contributed by atoms with Gasteiger partial charge in [-0.2, -0.15) is 5.10 Å². The Morgan fingerprint density at radius 3 is 2.83 bits per heavy atom. The fraction of sp³-hybridized carbons (Fsp3) is 0.227. The van der Waals surface area contributed by atoms with Gasteiger partial charge in [-0.15, -0.1) is 0 Å². The standard InChI is InChI=1S/C22H24N6O/c1-13-6-21(23)27-15(3)19(13)10-25-22(29)17-9-26-28(12-17)11-16-4-5-18-14(2)8-24-20(18)7-16/h4-9,12,24H,10-11H2,1-3H3,(H2,23,27)(H,25,29). The van der Waals surface area contributed by atoms with Crippen LogP contribution in [0, 0.1) is 20.8 Å². The van der Waals surface area contributed by atoms with E-state index in [-0.39, 0.29) is 5.91 Å². The summed E-state index contributed by atoms with van der Waals surface area (Å²) in [7, 11) is 0. The topological polar surface area (TPSA) is 102 Å². The number of amides is 1. The van der Waals surface area contributed by atoms with Gasteiger partial charge < -0.3 is 16.0 Å². The van der Waals surface area contributed by atoms with E-state index < -0.39 is 0 Å². The predicted molar refractivity (Wildman–Crippen MR) is 114 cm³/mol. The number of aromatic amines is 1. The number of rotatable bonds is 5. The Labute approximate surface area is 169 Å². The lowest BCUT2D eigenvalue weighted by Gasteiger charge is -2.11. The Morgan fingerprint density at radius 1 is 1.21 bits per heavy atom. The Kier molecular flexibility index (Phi) is 4.80. The molecule has 0 aliphatic rings. The van der Waals surface area contributed by atoms with Crippen molar-refractivity contribution in [3.63, 3.8) is 0 Å². The quantitative estimate of drug-likeness (QED) is 0.488. The first-order valence-electron chi connectivity index (χ1n) is 9.50. The van der Waals surface area contributed by atoms with Gasteiger partial charge in [0.25, 0.3) is 5.91 Å². The van der Waals surface area contributed by atoms with Crippen LogP contribution in [0.25, 0.3) is 10.9 Å². The lowest BCUT2D eigenvalue weighted by Crippen LogP contribution is -2.23. The molecule has 148 valence electrons. The Morgan fingerprint density at radius 2 is 2.03 bits per heavy atom. The molecule has 4 N–H and O–H groups in total. The number of nitrogens with two attached hydrogens (primary N) is 1. The highest BCUT2D eigenvalue weighted by Gasteiger charge is 2.12. The van der Waals surface area contributed by atoms with Crippen molar-refractivity contribution in [3.8, 4) is 0 Å². The fourth-order valence-corrected chi connectivity index (χ4v) is 3.60. The van der Waals surface area contributed by atoms with Crippen molar-refractivity contribution in [2.45, 2.75) is 33.9 Å². The molecule has 0 radical (unpaired) electrons. The van der Waals surface area contributed by atoms with Crippen LogP contribution in [0.5, 0.6) is 0 Å². The summed E-state index contributed by atoms with van der Waals surface area (Å²) >= 11 is 0. The number of H-pyrrole nitrogens is 1. The van der Waals surface area contributed by atoms with E-state index in [0.717, 1.165) is 27.9 Å². The molecule has 7 heteroatoms. The number of benzene rings is 1. The summed E-state index contributed by atoms with van der Waals surface area (Å²) in [6.07, 6.45) is 5.36. The van der Waals surface area contributed by atoms with E-state index >= 15 is 0 Å². The zero-order chi connectivity index (χ0) is 20.5. The van der Waals surface area contributed by atoms with Crippen LogP contribution in [0.15, 0.2) is 42.9 Å². The number of pyridine rings is 1. The van der Waals surface area contributed by atoms with E-state index in [9.17, 15) is 4.79 Å². The van der Waals surface area contributed by atoms with Crippen LogP contribution >= 0.6 is 0 Å². The highest BCUT2D eigenvalue weighted by atomic mass is 16.1. The molecule has 0 saturated carbocycles. The van der Waals surface area contributed by atoms with Gasteiger partial charge in [-0.3, -0.25) is 9.48 Å². The number of hydrogen-bond donors (Lipinski definition) is 3. The molecule has 7 nitrogen and oxygen atoms in total. The minimum absolute atomic E-state index is 0.165. The summed E-state index contributed by atoms with van der Waals surface area (Å²) in [6.45, 7) is 6.94. The van der Waals surface area contributed by atoms with Crippen LogP contribution in [-0.2, 0) is 13.1 Å². The number of anilines is 1. The zero-order valence-electron chi connectivity index (χ0n) is 16.8. The first-order chi connectivity index (χ1) is 13.9. The summed E-state index contributed by atoms with van der Waals surface area (Å²) in [5, 5.41) is 8.50. The van der Waals surface area contributed by atoms with Gasteiger partial charge in [0.15, 0.2) is 0 Å². The number of aryl methyl sites for hydroxylation is 3. The maximum Gasteiger partial charge on any atom is 0.254 e. The molecule has 3 heterocycles. The molecular weight excluding hydrogens is 364 g/mol. The maximum absolute atomic E-state index is 12.5. The van der Waals surface area contributed by atoms with Gasteiger partial charge in [0.05, 0.1) is 18.3 Å². The highest BCUT2D eigenvalue weighted by Crippen LogP contribution is 2.19. The third-order valence-corrected chi connectivity index (χ3v) is 5.19. The summed E-state index contributed by atoms with van der Waals surface area (Å²) < 4.78 is 1.77. The van der Waals surface area contributed by atoms with Crippen molar-refractivity contribution < 1.29 is 4.79 Å². The van der Waals surface area contributed by atoms with E-state index in [0.29, 0.717) is 24.5 Å². The molecule has 0 unspecified atom stereocenters. The average Bonchev–Trinajstić information content (AvgIpc) is 3.28. The minimum atomic E-state index is -0.165. The molecular formula is C22H24N6O. The third-order valence-electron chi connectivity index (χ3n) is 5.19. The lowest BCUT2D eigenvalue weighted by molar-refractivity contribution is 0.0950. The molecule has 0 aliphatic heterocycles. The van der Waals surface area contributed by atoms with E-state index in [1.165, 1.54) is 10.9 Å². The maximum atomic E-state index is 12.5. The lowest BCUT2D eigenvalue weighted by atomic mass is 10.1. The van der Waals surface area contributed by atoms with E-state index in [2.05, 4.69) is 45.5 Å². The zero-order valence-corrected chi connectivity index (χ0v) is 16.8. The number of nitrogen functional groups attached to an aromatic ring is 1. The largest absolute Gasteiger partial charge is 0.384 e. The smallest absolute Gasteiger partial charge is 0.254 e. The van der Waals surface area contributed by atoms with Gasteiger partial charge in [0.1, 0.15) is 5.82 Å². The third kappa shape index (κ3) is 3.85. The monoisotopic (exact) mass is 388 g/mol. The Balaban J connectivity index is 1.43. The molecule has 0 atom stereocenters. The number of nitrogens with zero attached hydrogens (tertiary/aromatic N) is 3. The molecule has 3 aromatic heterocycles. The minimum Gasteiger partial charge on any atom is -0.384 e. The summed E-state index contributed by atoms with van der Waals surface area (Å²) in [5.41, 5.74) is 12.6.